The summed E-state index contributed by atoms with van der Waals surface area (Å²) < 4.78 is 0. The van der Waals surface area contributed by atoms with Crippen LogP contribution >= 0.6 is 11.3 Å². The smallest absolute Gasteiger partial charge is 0.284 e. The first-order valence-corrected chi connectivity index (χ1v) is 8.04. The Bertz CT molecular complexity index is 785. The van der Waals surface area contributed by atoms with Gasteiger partial charge in [0, 0.05) is 11.4 Å². The highest BCUT2D eigenvalue weighted by atomic mass is 32.1. The number of carbonyl (C=O) groups excluding carboxylic acids is 1. The molecule has 3 heterocycles. The van der Waals surface area contributed by atoms with E-state index in [4.69, 9.17) is 10.9 Å². The largest absolute Gasteiger partial charge is 0.369 e. The summed E-state index contributed by atoms with van der Waals surface area (Å²) in [5, 5.41) is 11.8. The van der Waals surface area contributed by atoms with Gasteiger partial charge in [-0.2, -0.15) is 4.98 Å². The molecule has 122 valence electrons. The zero-order valence-corrected chi connectivity index (χ0v) is 13.1. The van der Waals surface area contributed by atoms with Gasteiger partial charge in [0.2, 0.25) is 5.95 Å². The number of anilines is 2. The lowest BCUT2D eigenvalue weighted by atomic mass is 9.92. The molecule has 0 aromatic carbocycles. The predicted octanol–water partition coefficient (Wildman–Crippen LogP) is 0.750. The van der Waals surface area contributed by atoms with E-state index in [1.165, 1.54) is 11.3 Å². The van der Waals surface area contributed by atoms with Crippen molar-refractivity contribution in [1.29, 1.82) is 0 Å². The van der Waals surface area contributed by atoms with Gasteiger partial charge in [-0.05, 0) is 37.3 Å². The van der Waals surface area contributed by atoms with E-state index < -0.39 is 5.91 Å². The van der Waals surface area contributed by atoms with Gasteiger partial charge in [0.1, 0.15) is 5.82 Å². The number of rotatable bonds is 4. The number of amides is 1. The molecule has 1 unspecified atom stereocenters. The lowest BCUT2D eigenvalue weighted by Crippen LogP contribution is -2.30. The molecule has 0 fully saturated rings. The number of aryl methyl sites for hydroxylation is 1. The molecule has 1 aliphatic heterocycles. The molecule has 1 amide bonds. The number of carbonyl (C=O) groups is 1. The number of H-pyrrole nitrogens is 1. The quantitative estimate of drug-likeness (QED) is 0.413. The van der Waals surface area contributed by atoms with E-state index in [1.54, 1.807) is 11.5 Å². The maximum absolute atomic E-state index is 11.9. The van der Waals surface area contributed by atoms with Crippen LogP contribution in [0, 0.1) is 5.92 Å². The summed E-state index contributed by atoms with van der Waals surface area (Å²) in [5.74, 6) is 0.504. The van der Waals surface area contributed by atoms with Crippen LogP contribution in [0.25, 0.3) is 0 Å². The highest BCUT2D eigenvalue weighted by molar-refractivity contribution is 7.14. The van der Waals surface area contributed by atoms with Crippen LogP contribution in [0.3, 0.4) is 0 Å². The standard InChI is InChI=1S/C14H17N5O3S/c15-14-17-11-9(12(20)18-14)5-7(6-16-11)1-2-8-3-4-10(23-8)13(21)19-22/h3-4,7,22H,1-2,5-6H2,(H,19,21)(H4,15,16,17,18,20). The highest BCUT2D eigenvalue weighted by Gasteiger charge is 2.22. The molecule has 0 saturated heterocycles. The molecular weight excluding hydrogens is 318 g/mol. The lowest BCUT2D eigenvalue weighted by molar-refractivity contribution is 0.0711. The molecule has 9 heteroatoms. The first-order chi connectivity index (χ1) is 11.1. The fraction of sp³-hybridized carbons (Fsp3) is 0.357. The Morgan fingerprint density at radius 3 is 3.13 bits per heavy atom. The number of nitrogens with one attached hydrogen (secondary N) is 3. The van der Waals surface area contributed by atoms with Gasteiger partial charge in [0.15, 0.2) is 0 Å². The van der Waals surface area contributed by atoms with Gasteiger partial charge in [-0.15, -0.1) is 11.3 Å². The Balaban J connectivity index is 1.63. The van der Waals surface area contributed by atoms with Crippen LogP contribution < -0.4 is 22.1 Å². The van der Waals surface area contributed by atoms with Crippen molar-refractivity contribution in [2.75, 3.05) is 17.6 Å². The van der Waals surface area contributed by atoms with Gasteiger partial charge >= 0.3 is 0 Å². The van der Waals surface area contributed by atoms with E-state index in [0.29, 0.717) is 28.6 Å². The number of nitrogens with two attached hydrogens (primary N) is 1. The zero-order chi connectivity index (χ0) is 16.4. The van der Waals surface area contributed by atoms with Crippen molar-refractivity contribution in [1.82, 2.24) is 15.4 Å². The van der Waals surface area contributed by atoms with E-state index in [2.05, 4.69) is 15.3 Å². The number of aromatic nitrogens is 2. The fourth-order valence-corrected chi connectivity index (χ4v) is 3.61. The van der Waals surface area contributed by atoms with E-state index in [0.717, 1.165) is 24.3 Å². The molecule has 1 aliphatic rings. The van der Waals surface area contributed by atoms with Gasteiger partial charge in [-0.3, -0.25) is 19.8 Å². The van der Waals surface area contributed by atoms with Crippen molar-refractivity contribution in [3.05, 3.63) is 37.8 Å². The van der Waals surface area contributed by atoms with E-state index in [1.807, 2.05) is 6.07 Å². The van der Waals surface area contributed by atoms with Crippen molar-refractivity contribution in [3.8, 4) is 0 Å². The normalized spacial score (nSPS) is 16.5. The maximum atomic E-state index is 11.9. The van der Waals surface area contributed by atoms with Crippen LogP contribution in [0.4, 0.5) is 11.8 Å². The van der Waals surface area contributed by atoms with Crippen molar-refractivity contribution >= 4 is 29.0 Å². The monoisotopic (exact) mass is 335 g/mol. The average molecular weight is 335 g/mol. The van der Waals surface area contributed by atoms with E-state index >= 15 is 0 Å². The van der Waals surface area contributed by atoms with E-state index in [-0.39, 0.29) is 11.5 Å². The summed E-state index contributed by atoms with van der Waals surface area (Å²) in [7, 11) is 0. The minimum atomic E-state index is -0.496. The number of hydrogen-bond donors (Lipinski definition) is 5. The zero-order valence-electron chi connectivity index (χ0n) is 12.3. The first kappa shape index (κ1) is 15.5. The van der Waals surface area contributed by atoms with Crippen LogP contribution in [0.2, 0.25) is 0 Å². The summed E-state index contributed by atoms with van der Waals surface area (Å²) in [5.41, 5.74) is 7.61. The lowest BCUT2D eigenvalue weighted by Gasteiger charge is -2.24. The number of hydrogen-bond acceptors (Lipinski definition) is 7. The van der Waals surface area contributed by atoms with Gasteiger partial charge in [-0.1, -0.05) is 0 Å². The second-order valence-electron chi connectivity index (χ2n) is 5.47. The van der Waals surface area contributed by atoms with Crippen LogP contribution in [-0.2, 0) is 12.8 Å². The number of thiophene rings is 1. The highest BCUT2D eigenvalue weighted by Crippen LogP contribution is 2.25. The molecule has 6 N–H and O–H groups in total. The number of hydroxylamine groups is 1. The molecule has 23 heavy (non-hydrogen) atoms. The van der Waals surface area contributed by atoms with Crippen molar-refractivity contribution in [3.63, 3.8) is 0 Å². The Morgan fingerprint density at radius 1 is 1.52 bits per heavy atom. The number of fused-ring (bicyclic) bond motifs is 1. The number of aromatic amines is 1. The van der Waals surface area contributed by atoms with Crippen molar-refractivity contribution in [2.45, 2.75) is 19.3 Å². The molecule has 2 aromatic heterocycles. The number of nitrogen functional groups attached to an aromatic ring is 1. The molecule has 1 atom stereocenters. The Morgan fingerprint density at radius 2 is 2.35 bits per heavy atom. The third-order valence-electron chi connectivity index (χ3n) is 3.87. The second kappa shape index (κ2) is 6.39. The van der Waals surface area contributed by atoms with Gasteiger partial charge in [0.25, 0.3) is 11.5 Å². The molecule has 0 saturated carbocycles. The second-order valence-corrected chi connectivity index (χ2v) is 6.64. The first-order valence-electron chi connectivity index (χ1n) is 7.22. The topological polar surface area (TPSA) is 133 Å². The Labute approximate surface area is 135 Å². The Hall–Kier alpha value is -2.39. The predicted molar refractivity (Wildman–Crippen MR) is 86.8 cm³/mol. The van der Waals surface area contributed by atoms with Gasteiger partial charge in [0.05, 0.1) is 10.4 Å². The summed E-state index contributed by atoms with van der Waals surface area (Å²) >= 11 is 1.36. The van der Waals surface area contributed by atoms with Crippen LogP contribution in [-0.4, -0.2) is 27.6 Å². The van der Waals surface area contributed by atoms with Crippen molar-refractivity contribution in [2.24, 2.45) is 5.92 Å². The van der Waals surface area contributed by atoms with Crippen LogP contribution in [0.1, 0.15) is 26.5 Å². The molecule has 0 spiro atoms. The summed E-state index contributed by atoms with van der Waals surface area (Å²) in [6, 6.07) is 3.58. The van der Waals surface area contributed by atoms with Crippen molar-refractivity contribution < 1.29 is 10.0 Å². The minimum Gasteiger partial charge on any atom is -0.369 e. The maximum Gasteiger partial charge on any atom is 0.284 e. The Kier molecular flexibility index (Phi) is 4.30. The van der Waals surface area contributed by atoms with E-state index in [9.17, 15) is 9.59 Å². The molecule has 3 rings (SSSR count). The van der Waals surface area contributed by atoms with Crippen LogP contribution in [0.5, 0.6) is 0 Å². The van der Waals surface area contributed by atoms with Crippen LogP contribution in [0.15, 0.2) is 16.9 Å². The molecule has 8 nitrogen and oxygen atoms in total. The SMILES string of the molecule is Nc1nc2c(c(=O)[nH]1)CC(CCc1ccc(C(=O)NO)s1)CN2. The molecule has 0 bridgehead atoms. The summed E-state index contributed by atoms with van der Waals surface area (Å²) in [6.45, 7) is 0.734. The number of nitrogens with zero attached hydrogens (tertiary/aromatic N) is 1. The minimum absolute atomic E-state index is 0.118. The average Bonchev–Trinajstić information content (AvgIpc) is 3.01. The molecule has 0 radical (unpaired) electrons. The third kappa shape index (κ3) is 3.35. The molecular formula is C14H17N5O3S. The van der Waals surface area contributed by atoms with Gasteiger partial charge in [-0.25, -0.2) is 5.48 Å². The molecule has 0 aliphatic carbocycles. The summed E-state index contributed by atoms with van der Waals surface area (Å²) in [4.78, 5) is 31.4. The summed E-state index contributed by atoms with van der Waals surface area (Å²) in [6.07, 6.45) is 2.35. The fourth-order valence-electron chi connectivity index (χ4n) is 2.69. The van der Waals surface area contributed by atoms with Gasteiger partial charge < -0.3 is 11.1 Å². The third-order valence-corrected chi connectivity index (χ3v) is 5.01. The molecule has 2 aromatic rings.